The van der Waals surface area contributed by atoms with Crippen molar-refractivity contribution in [2.45, 2.75) is 13.3 Å². The van der Waals surface area contributed by atoms with E-state index in [0.717, 1.165) is 22.8 Å². The molecule has 0 radical (unpaired) electrons. The van der Waals surface area contributed by atoms with Gasteiger partial charge in [-0.1, -0.05) is 12.1 Å². The summed E-state index contributed by atoms with van der Waals surface area (Å²) in [5.74, 6) is 0.633. The van der Waals surface area contributed by atoms with Gasteiger partial charge in [0.15, 0.2) is 0 Å². The fourth-order valence-corrected chi connectivity index (χ4v) is 2.08. The molecule has 0 aliphatic carbocycles. The molecule has 1 aromatic heterocycles. The number of rotatable bonds is 4. The molecule has 2 aromatic rings. The molecule has 1 heterocycles. The lowest BCUT2D eigenvalue weighted by Gasteiger charge is -2.06. The molecular weight excluding hydrogens is 244 g/mol. The lowest BCUT2D eigenvalue weighted by atomic mass is 10.2. The van der Waals surface area contributed by atoms with Gasteiger partial charge in [-0.3, -0.25) is 4.79 Å². The van der Waals surface area contributed by atoms with E-state index >= 15 is 0 Å². The van der Waals surface area contributed by atoms with Crippen LogP contribution in [0, 0.1) is 6.92 Å². The van der Waals surface area contributed by atoms with Crippen LogP contribution in [0.5, 0.6) is 5.75 Å². The number of nitrogens with zero attached hydrogens (tertiary/aromatic N) is 2. The zero-order valence-electron chi connectivity index (χ0n) is 11.2. The Bertz CT molecular complexity index is 617. The summed E-state index contributed by atoms with van der Waals surface area (Å²) >= 11 is 0. The molecule has 0 unspecified atom stereocenters. The van der Waals surface area contributed by atoms with Crippen molar-refractivity contribution in [3.63, 3.8) is 0 Å². The minimum Gasteiger partial charge on any atom is -0.497 e. The van der Waals surface area contributed by atoms with Crippen molar-refractivity contribution in [1.29, 1.82) is 0 Å². The molecule has 2 rings (SSSR count). The Hall–Kier alpha value is -2.30. The van der Waals surface area contributed by atoms with Gasteiger partial charge in [-0.25, -0.2) is 4.98 Å². The molecule has 1 aromatic carbocycles. The first kappa shape index (κ1) is 13.1. The Morgan fingerprint density at radius 3 is 2.84 bits per heavy atom. The number of carbonyl (C=O) groups is 1. The number of ether oxygens (including phenoxy) is 1. The van der Waals surface area contributed by atoms with E-state index in [1.54, 1.807) is 7.11 Å². The summed E-state index contributed by atoms with van der Waals surface area (Å²) in [6, 6.07) is 7.55. The fraction of sp³-hybridized carbons (Fsp3) is 0.286. The van der Waals surface area contributed by atoms with E-state index < -0.39 is 5.97 Å². The van der Waals surface area contributed by atoms with Crippen molar-refractivity contribution >= 4 is 5.97 Å². The molecule has 0 saturated heterocycles. The molecule has 0 fully saturated rings. The van der Waals surface area contributed by atoms with Crippen LogP contribution in [0.15, 0.2) is 24.3 Å². The van der Waals surface area contributed by atoms with Crippen LogP contribution in [0.1, 0.15) is 11.4 Å². The molecule has 0 spiro atoms. The standard InChI is InChI=1S/C14H16N2O3/c1-9-12(8-13(17)18)16(2)14(15-9)10-5-4-6-11(7-10)19-3/h4-7H,8H2,1-3H3,(H,17,18). The lowest BCUT2D eigenvalue weighted by molar-refractivity contribution is -0.136. The zero-order valence-corrected chi connectivity index (χ0v) is 11.2. The topological polar surface area (TPSA) is 64.3 Å². The van der Waals surface area contributed by atoms with Crippen LogP contribution in [0.2, 0.25) is 0 Å². The van der Waals surface area contributed by atoms with Crippen molar-refractivity contribution in [1.82, 2.24) is 9.55 Å². The van der Waals surface area contributed by atoms with Gasteiger partial charge in [-0.15, -0.1) is 0 Å². The number of imidazole rings is 1. The smallest absolute Gasteiger partial charge is 0.309 e. The van der Waals surface area contributed by atoms with E-state index in [1.807, 2.05) is 42.8 Å². The largest absolute Gasteiger partial charge is 0.497 e. The number of aliphatic carboxylic acids is 1. The minimum absolute atomic E-state index is 0.0285. The van der Waals surface area contributed by atoms with Crippen LogP contribution in [0.3, 0.4) is 0 Å². The van der Waals surface area contributed by atoms with Crippen molar-refractivity contribution < 1.29 is 14.6 Å². The van der Waals surface area contributed by atoms with Crippen LogP contribution in [0.4, 0.5) is 0 Å². The normalized spacial score (nSPS) is 10.5. The predicted molar refractivity (Wildman–Crippen MR) is 71.3 cm³/mol. The maximum Gasteiger partial charge on any atom is 0.309 e. The third kappa shape index (κ3) is 2.59. The van der Waals surface area contributed by atoms with E-state index in [1.165, 1.54) is 0 Å². The average Bonchev–Trinajstić information content (AvgIpc) is 2.66. The van der Waals surface area contributed by atoms with E-state index in [9.17, 15) is 4.79 Å². The van der Waals surface area contributed by atoms with Gasteiger partial charge < -0.3 is 14.4 Å². The maximum absolute atomic E-state index is 10.9. The number of hydrogen-bond donors (Lipinski definition) is 1. The summed E-state index contributed by atoms with van der Waals surface area (Å²) in [5, 5.41) is 8.92. The first-order chi connectivity index (χ1) is 9.02. The summed E-state index contributed by atoms with van der Waals surface area (Å²) in [6.07, 6.45) is -0.0285. The third-order valence-corrected chi connectivity index (χ3v) is 3.06. The SMILES string of the molecule is COc1cccc(-c2nc(C)c(CC(=O)O)n2C)c1. The van der Waals surface area contributed by atoms with Crippen LogP contribution in [-0.4, -0.2) is 27.7 Å². The summed E-state index contributed by atoms with van der Waals surface area (Å²) in [4.78, 5) is 15.3. The lowest BCUT2D eigenvalue weighted by Crippen LogP contribution is -2.07. The second kappa shape index (κ2) is 5.14. The summed E-state index contributed by atoms with van der Waals surface area (Å²) in [6.45, 7) is 1.82. The molecular formula is C14H16N2O3. The van der Waals surface area contributed by atoms with Crippen molar-refractivity contribution in [2.24, 2.45) is 7.05 Å². The second-order valence-electron chi connectivity index (χ2n) is 4.33. The Balaban J connectivity index is 2.48. The Kier molecular flexibility index (Phi) is 3.55. The van der Waals surface area contributed by atoms with E-state index in [0.29, 0.717) is 5.69 Å². The number of benzene rings is 1. The molecule has 0 aliphatic heterocycles. The quantitative estimate of drug-likeness (QED) is 0.913. The Morgan fingerprint density at radius 1 is 1.47 bits per heavy atom. The van der Waals surface area contributed by atoms with Crippen molar-refractivity contribution in [3.8, 4) is 17.1 Å². The van der Waals surface area contributed by atoms with Gasteiger partial charge in [0.1, 0.15) is 11.6 Å². The molecule has 5 heteroatoms. The molecule has 0 saturated carbocycles. The summed E-state index contributed by atoms with van der Waals surface area (Å²) in [5.41, 5.74) is 2.36. The van der Waals surface area contributed by atoms with Gasteiger partial charge >= 0.3 is 5.97 Å². The van der Waals surface area contributed by atoms with Gasteiger partial charge in [0.05, 0.1) is 24.9 Å². The Labute approximate surface area is 111 Å². The molecule has 0 bridgehead atoms. The first-order valence-corrected chi connectivity index (χ1v) is 5.91. The molecule has 0 atom stereocenters. The highest BCUT2D eigenvalue weighted by Crippen LogP contribution is 2.25. The molecule has 19 heavy (non-hydrogen) atoms. The number of methoxy groups -OCH3 is 1. The van der Waals surface area contributed by atoms with Gasteiger partial charge in [-0.2, -0.15) is 0 Å². The first-order valence-electron chi connectivity index (χ1n) is 5.91. The molecule has 0 aliphatic rings. The monoisotopic (exact) mass is 260 g/mol. The average molecular weight is 260 g/mol. The Morgan fingerprint density at radius 2 is 2.21 bits per heavy atom. The van der Waals surface area contributed by atoms with Gasteiger partial charge in [0, 0.05) is 12.6 Å². The van der Waals surface area contributed by atoms with Gasteiger partial charge in [0.2, 0.25) is 0 Å². The van der Waals surface area contributed by atoms with Crippen LogP contribution >= 0.6 is 0 Å². The van der Waals surface area contributed by atoms with E-state index in [-0.39, 0.29) is 6.42 Å². The fourth-order valence-electron chi connectivity index (χ4n) is 2.08. The number of hydrogen-bond acceptors (Lipinski definition) is 3. The summed E-state index contributed by atoms with van der Waals surface area (Å²) in [7, 11) is 3.44. The number of carboxylic acids is 1. The minimum atomic E-state index is -0.858. The van der Waals surface area contributed by atoms with Crippen LogP contribution in [-0.2, 0) is 18.3 Å². The van der Waals surface area contributed by atoms with Crippen molar-refractivity contribution in [3.05, 3.63) is 35.7 Å². The second-order valence-corrected chi connectivity index (χ2v) is 4.33. The predicted octanol–water partition coefficient (Wildman–Crippen LogP) is 2.03. The molecule has 5 nitrogen and oxygen atoms in total. The highest BCUT2D eigenvalue weighted by Gasteiger charge is 2.15. The molecule has 1 N–H and O–H groups in total. The van der Waals surface area contributed by atoms with Gasteiger partial charge in [-0.05, 0) is 19.1 Å². The van der Waals surface area contributed by atoms with E-state index in [4.69, 9.17) is 9.84 Å². The molecule has 0 amide bonds. The number of carboxylic acid groups (broad SMARTS) is 1. The zero-order chi connectivity index (χ0) is 14.0. The van der Waals surface area contributed by atoms with Crippen LogP contribution in [0.25, 0.3) is 11.4 Å². The van der Waals surface area contributed by atoms with Gasteiger partial charge in [0.25, 0.3) is 0 Å². The summed E-state index contributed by atoms with van der Waals surface area (Å²) < 4.78 is 7.00. The third-order valence-electron chi connectivity index (χ3n) is 3.06. The number of aryl methyl sites for hydroxylation is 1. The van der Waals surface area contributed by atoms with Crippen molar-refractivity contribution in [2.75, 3.05) is 7.11 Å². The molecule has 100 valence electrons. The number of aromatic nitrogens is 2. The maximum atomic E-state index is 10.9. The highest BCUT2D eigenvalue weighted by atomic mass is 16.5. The van der Waals surface area contributed by atoms with Crippen LogP contribution < -0.4 is 4.74 Å². The van der Waals surface area contributed by atoms with E-state index in [2.05, 4.69) is 4.98 Å². The highest BCUT2D eigenvalue weighted by molar-refractivity contribution is 5.71.